The van der Waals surface area contributed by atoms with Crippen LogP contribution in [0.3, 0.4) is 0 Å². The van der Waals surface area contributed by atoms with Crippen LogP contribution in [0.2, 0.25) is 0 Å². The van der Waals surface area contributed by atoms with Gasteiger partial charge in [-0.25, -0.2) is 0 Å². The predicted molar refractivity (Wildman–Crippen MR) is 61.2 cm³/mol. The number of aliphatic hydroxyl groups excluding tert-OH is 3. The van der Waals surface area contributed by atoms with E-state index in [1.165, 1.54) is 0 Å². The third-order valence-electron chi connectivity index (χ3n) is 2.49. The summed E-state index contributed by atoms with van der Waals surface area (Å²) in [7, 11) is 0. The molecule has 1 amide bonds. The lowest BCUT2D eigenvalue weighted by molar-refractivity contribution is -0.137. The fourth-order valence-corrected chi connectivity index (χ4v) is 1.11. The summed E-state index contributed by atoms with van der Waals surface area (Å²) in [6, 6.07) is 0. The fourth-order valence-electron chi connectivity index (χ4n) is 1.11. The zero-order valence-corrected chi connectivity index (χ0v) is 10.3. The van der Waals surface area contributed by atoms with Crippen LogP contribution < -0.4 is 5.32 Å². The first kappa shape index (κ1) is 16.0. The Morgan fingerprint density at radius 2 is 1.82 bits per heavy atom. The summed E-state index contributed by atoms with van der Waals surface area (Å²) in [5.74, 6) is -0.760. The maximum atomic E-state index is 11.5. The minimum Gasteiger partial charge on any atom is -0.396 e. The molecular weight excluding hydrogens is 226 g/mol. The number of rotatable bonds is 8. The van der Waals surface area contributed by atoms with Crippen molar-refractivity contribution in [2.45, 2.75) is 32.8 Å². The number of hydrogen-bond donors (Lipinski definition) is 4. The van der Waals surface area contributed by atoms with E-state index < -0.39 is 17.4 Å². The van der Waals surface area contributed by atoms with Gasteiger partial charge in [-0.05, 0) is 0 Å². The number of aliphatic hydroxyl groups is 3. The molecule has 0 aliphatic carbocycles. The third kappa shape index (κ3) is 5.76. The van der Waals surface area contributed by atoms with Gasteiger partial charge < -0.3 is 20.6 Å². The lowest BCUT2D eigenvalue weighted by Crippen LogP contribution is -2.46. The quantitative estimate of drug-likeness (QED) is 0.432. The molecule has 0 bridgehead atoms. The summed E-state index contributed by atoms with van der Waals surface area (Å²) in [5, 5.41) is 29.5. The van der Waals surface area contributed by atoms with Crippen LogP contribution in [0, 0.1) is 5.41 Å². The van der Waals surface area contributed by atoms with Gasteiger partial charge in [-0.15, -0.1) is 0 Å². The van der Waals surface area contributed by atoms with E-state index in [4.69, 9.17) is 10.2 Å². The standard InChI is InChI=1S/C11H21NO5/c1-11(2,7-14)9(16)10(17)12-5-3-8(15)4-6-13/h9,13-14,16H,3-7H2,1-2H3,(H,12,17)/t9-/m1/s1. The number of nitrogens with one attached hydrogen (secondary N) is 1. The summed E-state index contributed by atoms with van der Waals surface area (Å²) in [4.78, 5) is 22.5. The molecule has 6 nitrogen and oxygen atoms in total. The van der Waals surface area contributed by atoms with Crippen LogP contribution in [0.5, 0.6) is 0 Å². The van der Waals surface area contributed by atoms with Gasteiger partial charge in [0.15, 0.2) is 0 Å². The van der Waals surface area contributed by atoms with Crippen LogP contribution in [0.1, 0.15) is 26.7 Å². The van der Waals surface area contributed by atoms with Gasteiger partial charge in [0.1, 0.15) is 11.9 Å². The minimum absolute atomic E-state index is 0.0700. The Hall–Kier alpha value is -0.980. The number of hydrogen-bond acceptors (Lipinski definition) is 5. The largest absolute Gasteiger partial charge is 0.396 e. The molecule has 6 heteroatoms. The zero-order chi connectivity index (χ0) is 13.5. The van der Waals surface area contributed by atoms with Crippen molar-refractivity contribution < 1.29 is 24.9 Å². The highest BCUT2D eigenvalue weighted by Crippen LogP contribution is 2.19. The van der Waals surface area contributed by atoms with E-state index in [-0.39, 0.29) is 38.4 Å². The molecule has 17 heavy (non-hydrogen) atoms. The van der Waals surface area contributed by atoms with Gasteiger partial charge in [-0.1, -0.05) is 13.8 Å². The summed E-state index contributed by atoms with van der Waals surface area (Å²) in [6.45, 7) is 2.73. The highest BCUT2D eigenvalue weighted by atomic mass is 16.3. The van der Waals surface area contributed by atoms with E-state index in [9.17, 15) is 14.7 Å². The summed E-state index contributed by atoms with van der Waals surface area (Å²) in [5.41, 5.74) is -0.917. The molecule has 0 unspecified atom stereocenters. The molecule has 0 saturated carbocycles. The molecule has 0 aromatic heterocycles. The third-order valence-corrected chi connectivity index (χ3v) is 2.49. The molecule has 0 radical (unpaired) electrons. The van der Waals surface area contributed by atoms with Crippen molar-refractivity contribution in [1.29, 1.82) is 0 Å². The molecule has 1 atom stereocenters. The highest BCUT2D eigenvalue weighted by molar-refractivity contribution is 5.83. The molecule has 0 spiro atoms. The number of carbonyl (C=O) groups is 2. The monoisotopic (exact) mass is 247 g/mol. The Morgan fingerprint density at radius 1 is 1.24 bits per heavy atom. The highest BCUT2D eigenvalue weighted by Gasteiger charge is 2.32. The Labute approximate surface area is 101 Å². The van der Waals surface area contributed by atoms with Gasteiger partial charge in [-0.2, -0.15) is 0 Å². The molecule has 0 aliphatic rings. The van der Waals surface area contributed by atoms with E-state index in [1.807, 2.05) is 0 Å². The van der Waals surface area contributed by atoms with Crippen LogP contribution in [-0.2, 0) is 9.59 Å². The number of Topliss-reactive ketones (excluding diaryl/α,β-unsaturated/α-hetero) is 1. The lowest BCUT2D eigenvalue weighted by Gasteiger charge is -2.27. The van der Waals surface area contributed by atoms with E-state index in [0.717, 1.165) is 0 Å². The van der Waals surface area contributed by atoms with Gasteiger partial charge in [0.05, 0.1) is 6.61 Å². The SMILES string of the molecule is CC(C)(CO)[C@H](O)C(=O)NCCC(=O)CCO. The van der Waals surface area contributed by atoms with Crippen LogP contribution in [-0.4, -0.2) is 52.9 Å². The van der Waals surface area contributed by atoms with Gasteiger partial charge >= 0.3 is 0 Å². The Balaban J connectivity index is 3.99. The molecule has 0 saturated heterocycles. The first-order chi connectivity index (χ1) is 7.85. The lowest BCUT2D eigenvalue weighted by atomic mass is 9.87. The number of ketones is 1. The molecule has 0 heterocycles. The molecule has 100 valence electrons. The topological polar surface area (TPSA) is 107 Å². The molecule has 0 rings (SSSR count). The molecule has 0 aliphatic heterocycles. The fraction of sp³-hybridized carbons (Fsp3) is 0.818. The minimum atomic E-state index is -1.32. The van der Waals surface area contributed by atoms with Crippen molar-refractivity contribution in [2.24, 2.45) is 5.41 Å². The van der Waals surface area contributed by atoms with Crippen molar-refractivity contribution in [3.8, 4) is 0 Å². The summed E-state index contributed by atoms with van der Waals surface area (Å²) < 4.78 is 0. The van der Waals surface area contributed by atoms with E-state index in [0.29, 0.717) is 0 Å². The maximum Gasteiger partial charge on any atom is 0.249 e. The van der Waals surface area contributed by atoms with E-state index in [1.54, 1.807) is 13.8 Å². The molecule has 0 fully saturated rings. The smallest absolute Gasteiger partial charge is 0.249 e. The molecular formula is C11H21NO5. The number of amides is 1. The summed E-state index contributed by atoms with van der Waals surface area (Å²) in [6.07, 6.45) is -1.13. The molecule has 0 aromatic rings. The van der Waals surface area contributed by atoms with Crippen molar-refractivity contribution in [1.82, 2.24) is 5.32 Å². The van der Waals surface area contributed by atoms with Crippen LogP contribution in [0.4, 0.5) is 0 Å². The predicted octanol–water partition coefficient (Wildman–Crippen LogP) is -1.18. The average Bonchev–Trinajstić information content (AvgIpc) is 2.28. The molecule has 4 N–H and O–H groups in total. The second-order valence-electron chi connectivity index (χ2n) is 4.60. The van der Waals surface area contributed by atoms with E-state index >= 15 is 0 Å². The van der Waals surface area contributed by atoms with E-state index in [2.05, 4.69) is 5.32 Å². The number of carbonyl (C=O) groups excluding carboxylic acids is 2. The van der Waals surface area contributed by atoms with Gasteiger partial charge in [-0.3, -0.25) is 9.59 Å². The Bertz CT molecular complexity index is 265. The average molecular weight is 247 g/mol. The normalized spacial score (nSPS) is 13.2. The zero-order valence-electron chi connectivity index (χ0n) is 10.3. The first-order valence-corrected chi connectivity index (χ1v) is 5.54. The Morgan fingerprint density at radius 3 is 2.29 bits per heavy atom. The van der Waals surface area contributed by atoms with Crippen LogP contribution >= 0.6 is 0 Å². The second-order valence-corrected chi connectivity index (χ2v) is 4.60. The Kier molecular flexibility index (Phi) is 6.94. The van der Waals surface area contributed by atoms with Crippen LogP contribution in [0.15, 0.2) is 0 Å². The van der Waals surface area contributed by atoms with Crippen molar-refractivity contribution >= 4 is 11.7 Å². The molecule has 0 aromatic carbocycles. The maximum absolute atomic E-state index is 11.5. The second kappa shape index (κ2) is 7.37. The van der Waals surface area contributed by atoms with Crippen molar-refractivity contribution in [3.05, 3.63) is 0 Å². The van der Waals surface area contributed by atoms with Gasteiger partial charge in [0, 0.05) is 31.4 Å². The van der Waals surface area contributed by atoms with Crippen LogP contribution in [0.25, 0.3) is 0 Å². The van der Waals surface area contributed by atoms with Crippen molar-refractivity contribution in [2.75, 3.05) is 19.8 Å². The van der Waals surface area contributed by atoms with Gasteiger partial charge in [0.2, 0.25) is 5.91 Å². The summed E-state index contributed by atoms with van der Waals surface area (Å²) >= 11 is 0. The van der Waals surface area contributed by atoms with Gasteiger partial charge in [0.25, 0.3) is 0 Å². The first-order valence-electron chi connectivity index (χ1n) is 5.54. The van der Waals surface area contributed by atoms with Crippen molar-refractivity contribution in [3.63, 3.8) is 0 Å².